The molecular formula is C15H19ClN2S. The summed E-state index contributed by atoms with van der Waals surface area (Å²) in [6, 6.07) is 10.8. The molecule has 0 amide bonds. The maximum atomic E-state index is 6.00. The van der Waals surface area contributed by atoms with Crippen molar-refractivity contribution in [1.82, 2.24) is 0 Å². The fourth-order valence-electron chi connectivity index (χ4n) is 2.11. The van der Waals surface area contributed by atoms with Crippen LogP contribution in [0.2, 0.25) is 5.02 Å². The maximum Gasteiger partial charge on any atom is 0.0754 e. The van der Waals surface area contributed by atoms with Crippen LogP contribution in [-0.4, -0.2) is 13.6 Å². The minimum Gasteiger partial charge on any atom is -0.365 e. The molecule has 1 atom stereocenters. The standard InChI is InChI=1S/C15H19ClN2S/c1-3-11-4-6-13(7-5-11)18(2)14(9-17)15-8-12(16)10-19-15/h4-8,10,14H,3,9,17H2,1-2H3. The third-order valence-electron chi connectivity index (χ3n) is 3.36. The molecule has 1 aromatic heterocycles. The van der Waals surface area contributed by atoms with Crippen molar-refractivity contribution in [3.05, 3.63) is 51.2 Å². The molecule has 2 N–H and O–H groups in total. The summed E-state index contributed by atoms with van der Waals surface area (Å²) in [6.07, 6.45) is 1.06. The molecule has 2 nitrogen and oxygen atoms in total. The van der Waals surface area contributed by atoms with Gasteiger partial charge in [-0.05, 0) is 30.2 Å². The molecular weight excluding hydrogens is 276 g/mol. The summed E-state index contributed by atoms with van der Waals surface area (Å²) in [5.41, 5.74) is 8.46. The van der Waals surface area contributed by atoms with E-state index in [0.717, 1.165) is 11.4 Å². The van der Waals surface area contributed by atoms with Crippen molar-refractivity contribution in [2.75, 3.05) is 18.5 Å². The van der Waals surface area contributed by atoms with Gasteiger partial charge in [0.15, 0.2) is 0 Å². The number of benzene rings is 1. The van der Waals surface area contributed by atoms with E-state index in [2.05, 4.69) is 43.1 Å². The minimum absolute atomic E-state index is 0.171. The van der Waals surface area contributed by atoms with Crippen molar-refractivity contribution >= 4 is 28.6 Å². The molecule has 1 unspecified atom stereocenters. The van der Waals surface area contributed by atoms with Crippen molar-refractivity contribution in [3.63, 3.8) is 0 Å². The summed E-state index contributed by atoms with van der Waals surface area (Å²) >= 11 is 7.66. The molecule has 102 valence electrons. The molecule has 1 aromatic carbocycles. The van der Waals surface area contributed by atoms with Crippen LogP contribution in [0, 0.1) is 0 Å². The molecule has 19 heavy (non-hydrogen) atoms. The monoisotopic (exact) mass is 294 g/mol. The van der Waals surface area contributed by atoms with Gasteiger partial charge in [-0.1, -0.05) is 30.7 Å². The molecule has 2 aromatic rings. The predicted octanol–water partition coefficient (Wildman–Crippen LogP) is 4.10. The van der Waals surface area contributed by atoms with Gasteiger partial charge in [-0.25, -0.2) is 0 Å². The van der Waals surface area contributed by atoms with Gasteiger partial charge in [0, 0.05) is 29.5 Å². The number of aryl methyl sites for hydroxylation is 1. The van der Waals surface area contributed by atoms with Crippen LogP contribution in [0.5, 0.6) is 0 Å². The van der Waals surface area contributed by atoms with E-state index in [1.165, 1.54) is 16.1 Å². The van der Waals surface area contributed by atoms with Crippen LogP contribution in [0.25, 0.3) is 0 Å². The average molecular weight is 295 g/mol. The van der Waals surface area contributed by atoms with Gasteiger partial charge in [-0.2, -0.15) is 0 Å². The first-order chi connectivity index (χ1) is 9.15. The van der Waals surface area contributed by atoms with Crippen LogP contribution in [0.1, 0.15) is 23.4 Å². The number of thiophene rings is 1. The zero-order valence-electron chi connectivity index (χ0n) is 11.3. The smallest absolute Gasteiger partial charge is 0.0754 e. The molecule has 4 heteroatoms. The molecule has 0 aliphatic heterocycles. The molecule has 0 aliphatic rings. The molecule has 0 saturated carbocycles. The topological polar surface area (TPSA) is 29.3 Å². The van der Waals surface area contributed by atoms with E-state index in [4.69, 9.17) is 17.3 Å². The second-order valence-electron chi connectivity index (χ2n) is 4.55. The maximum absolute atomic E-state index is 6.00. The Morgan fingerprint density at radius 3 is 2.47 bits per heavy atom. The minimum atomic E-state index is 0.171. The van der Waals surface area contributed by atoms with Crippen molar-refractivity contribution in [3.8, 4) is 0 Å². The van der Waals surface area contributed by atoms with E-state index < -0.39 is 0 Å². The van der Waals surface area contributed by atoms with Crippen LogP contribution in [-0.2, 0) is 6.42 Å². The molecule has 0 aliphatic carbocycles. The highest BCUT2D eigenvalue weighted by atomic mass is 35.5. The van der Waals surface area contributed by atoms with Crippen LogP contribution in [0.15, 0.2) is 35.7 Å². The number of anilines is 1. The fourth-order valence-corrected chi connectivity index (χ4v) is 3.35. The lowest BCUT2D eigenvalue weighted by Gasteiger charge is -2.28. The number of halogens is 1. The first-order valence-electron chi connectivity index (χ1n) is 6.41. The third kappa shape index (κ3) is 3.30. The number of rotatable bonds is 5. The number of likely N-dealkylation sites (N-methyl/N-ethyl adjacent to an activating group) is 1. The molecule has 0 radical (unpaired) electrons. The Hall–Kier alpha value is -1.03. The Morgan fingerprint density at radius 2 is 2.00 bits per heavy atom. The lowest BCUT2D eigenvalue weighted by atomic mass is 10.1. The van der Waals surface area contributed by atoms with Gasteiger partial charge >= 0.3 is 0 Å². The fraction of sp³-hybridized carbons (Fsp3) is 0.333. The summed E-state index contributed by atoms with van der Waals surface area (Å²) in [5.74, 6) is 0. The van der Waals surface area contributed by atoms with Gasteiger partial charge in [0.1, 0.15) is 0 Å². The predicted molar refractivity (Wildman–Crippen MR) is 85.3 cm³/mol. The Bertz CT molecular complexity index is 521. The lowest BCUT2D eigenvalue weighted by Crippen LogP contribution is -2.29. The average Bonchev–Trinajstić information content (AvgIpc) is 2.86. The number of hydrogen-bond donors (Lipinski definition) is 1. The van der Waals surface area contributed by atoms with E-state index in [1.54, 1.807) is 11.3 Å². The van der Waals surface area contributed by atoms with Gasteiger partial charge in [-0.3, -0.25) is 0 Å². The zero-order valence-corrected chi connectivity index (χ0v) is 12.8. The largest absolute Gasteiger partial charge is 0.365 e. The van der Waals surface area contributed by atoms with Gasteiger partial charge in [0.25, 0.3) is 0 Å². The third-order valence-corrected chi connectivity index (χ3v) is 4.74. The zero-order chi connectivity index (χ0) is 13.8. The summed E-state index contributed by atoms with van der Waals surface area (Å²) in [6.45, 7) is 2.73. The van der Waals surface area contributed by atoms with E-state index in [0.29, 0.717) is 6.54 Å². The van der Waals surface area contributed by atoms with E-state index in [-0.39, 0.29) is 6.04 Å². The van der Waals surface area contributed by atoms with Crippen LogP contribution >= 0.6 is 22.9 Å². The Kier molecular flexibility index (Phi) is 4.86. The Labute approximate surface area is 123 Å². The van der Waals surface area contributed by atoms with Gasteiger partial charge in [0.05, 0.1) is 11.1 Å². The van der Waals surface area contributed by atoms with Gasteiger partial charge in [0.2, 0.25) is 0 Å². The highest BCUT2D eigenvalue weighted by Crippen LogP contribution is 2.31. The number of hydrogen-bond acceptors (Lipinski definition) is 3. The first-order valence-corrected chi connectivity index (χ1v) is 7.67. The SMILES string of the molecule is CCc1ccc(N(C)C(CN)c2cc(Cl)cs2)cc1. The first kappa shape index (κ1) is 14.4. The van der Waals surface area contributed by atoms with Crippen LogP contribution in [0.3, 0.4) is 0 Å². The van der Waals surface area contributed by atoms with E-state index in [9.17, 15) is 0 Å². The molecule has 0 fully saturated rings. The lowest BCUT2D eigenvalue weighted by molar-refractivity contribution is 0.692. The number of nitrogens with two attached hydrogens (primary N) is 1. The van der Waals surface area contributed by atoms with E-state index >= 15 is 0 Å². The molecule has 0 spiro atoms. The van der Waals surface area contributed by atoms with Gasteiger partial charge < -0.3 is 10.6 Å². The quantitative estimate of drug-likeness (QED) is 0.899. The summed E-state index contributed by atoms with van der Waals surface area (Å²) < 4.78 is 0. The highest BCUT2D eigenvalue weighted by molar-refractivity contribution is 7.10. The Morgan fingerprint density at radius 1 is 1.32 bits per heavy atom. The van der Waals surface area contributed by atoms with Crippen LogP contribution in [0.4, 0.5) is 5.69 Å². The molecule has 0 saturated heterocycles. The molecule has 1 heterocycles. The highest BCUT2D eigenvalue weighted by Gasteiger charge is 2.17. The second kappa shape index (κ2) is 6.42. The van der Waals surface area contributed by atoms with Crippen molar-refractivity contribution in [2.24, 2.45) is 5.73 Å². The Balaban J connectivity index is 2.22. The molecule has 2 rings (SSSR count). The summed E-state index contributed by atoms with van der Waals surface area (Å²) in [4.78, 5) is 3.41. The summed E-state index contributed by atoms with van der Waals surface area (Å²) in [5, 5.41) is 2.74. The van der Waals surface area contributed by atoms with Crippen molar-refractivity contribution in [2.45, 2.75) is 19.4 Å². The normalized spacial score (nSPS) is 12.4. The summed E-state index contributed by atoms with van der Waals surface area (Å²) in [7, 11) is 2.08. The number of nitrogens with zero attached hydrogens (tertiary/aromatic N) is 1. The van der Waals surface area contributed by atoms with Crippen molar-refractivity contribution < 1.29 is 0 Å². The van der Waals surface area contributed by atoms with Crippen molar-refractivity contribution in [1.29, 1.82) is 0 Å². The van der Waals surface area contributed by atoms with Crippen LogP contribution < -0.4 is 10.6 Å². The second-order valence-corrected chi connectivity index (χ2v) is 5.93. The molecule has 0 bridgehead atoms. The van der Waals surface area contributed by atoms with Gasteiger partial charge in [-0.15, -0.1) is 11.3 Å². The van der Waals surface area contributed by atoms with E-state index in [1.807, 2.05) is 11.4 Å².